The smallest absolute Gasteiger partial charge is 0.258 e. The van der Waals surface area contributed by atoms with Gasteiger partial charge in [0.1, 0.15) is 11.6 Å². The largest absolute Gasteiger partial charge is 0.339 e. The first-order chi connectivity index (χ1) is 13.0. The summed E-state index contributed by atoms with van der Waals surface area (Å²) in [6.07, 6.45) is 0. The Morgan fingerprint density at radius 2 is 1.52 bits per heavy atom. The summed E-state index contributed by atoms with van der Waals surface area (Å²) in [5, 5.41) is 2.63. The van der Waals surface area contributed by atoms with Crippen LogP contribution in [0.2, 0.25) is 0 Å². The maximum absolute atomic E-state index is 13.7. The van der Waals surface area contributed by atoms with Gasteiger partial charge in [0.25, 0.3) is 5.91 Å². The fourth-order valence-corrected chi connectivity index (χ4v) is 2.91. The van der Waals surface area contributed by atoms with E-state index in [-0.39, 0.29) is 11.6 Å². The number of para-hydroxylation sites is 1. The number of rotatable bonds is 5. The highest BCUT2D eigenvalue weighted by molar-refractivity contribution is 6.04. The van der Waals surface area contributed by atoms with Gasteiger partial charge < -0.3 is 10.2 Å². The minimum absolute atomic E-state index is 0.200. The van der Waals surface area contributed by atoms with Crippen LogP contribution in [0.1, 0.15) is 24.2 Å². The average Bonchev–Trinajstić information content (AvgIpc) is 2.64. The van der Waals surface area contributed by atoms with Crippen molar-refractivity contribution in [3.63, 3.8) is 0 Å². The second-order valence-corrected chi connectivity index (χ2v) is 6.42. The number of halogens is 2. The lowest BCUT2D eigenvalue weighted by Gasteiger charge is -2.29. The predicted molar refractivity (Wildman–Crippen MR) is 104 cm³/mol. The summed E-state index contributed by atoms with van der Waals surface area (Å²) < 4.78 is 26.7. The molecule has 0 saturated carbocycles. The van der Waals surface area contributed by atoms with E-state index in [1.54, 1.807) is 12.1 Å². The molecule has 138 valence electrons. The van der Waals surface area contributed by atoms with Crippen molar-refractivity contribution in [3.8, 4) is 0 Å². The molecule has 0 spiro atoms. The number of hydrogen-bond acceptors (Lipinski definition) is 2. The van der Waals surface area contributed by atoms with Gasteiger partial charge in [-0.2, -0.15) is 0 Å². The molecule has 0 aliphatic carbocycles. The third-order valence-electron chi connectivity index (χ3n) is 4.13. The van der Waals surface area contributed by atoms with Gasteiger partial charge >= 0.3 is 0 Å². The highest BCUT2D eigenvalue weighted by Crippen LogP contribution is 2.28. The van der Waals surface area contributed by atoms with Crippen LogP contribution in [0.4, 0.5) is 25.8 Å². The first-order valence-corrected chi connectivity index (χ1v) is 8.66. The highest BCUT2D eigenvalue weighted by atomic mass is 19.1. The fourth-order valence-electron chi connectivity index (χ4n) is 2.91. The highest BCUT2D eigenvalue weighted by Gasteiger charge is 2.15. The number of carbonyl (C=O) groups excluding carboxylic acids is 1. The molecule has 0 atom stereocenters. The Morgan fingerprint density at radius 1 is 0.889 bits per heavy atom. The fraction of sp³-hybridized carbons (Fsp3) is 0.136. The Hall–Kier alpha value is -3.21. The first kappa shape index (κ1) is 18.6. The zero-order valence-corrected chi connectivity index (χ0v) is 15.1. The van der Waals surface area contributed by atoms with E-state index < -0.39 is 17.5 Å². The molecule has 0 aliphatic rings. The number of benzene rings is 3. The van der Waals surface area contributed by atoms with Gasteiger partial charge in [0, 0.05) is 29.2 Å². The summed E-state index contributed by atoms with van der Waals surface area (Å²) in [5.41, 5.74) is 2.37. The van der Waals surface area contributed by atoms with Crippen LogP contribution in [0.15, 0.2) is 72.8 Å². The van der Waals surface area contributed by atoms with Gasteiger partial charge in [0.15, 0.2) is 0 Å². The van der Waals surface area contributed by atoms with Crippen LogP contribution in [-0.2, 0) is 0 Å². The number of nitrogens with zero attached hydrogens (tertiary/aromatic N) is 1. The van der Waals surface area contributed by atoms with Crippen LogP contribution >= 0.6 is 0 Å². The molecule has 3 aromatic rings. The van der Waals surface area contributed by atoms with Crippen molar-refractivity contribution in [2.24, 2.45) is 0 Å². The Labute approximate surface area is 157 Å². The quantitative estimate of drug-likeness (QED) is 0.622. The van der Waals surface area contributed by atoms with Crippen molar-refractivity contribution in [2.75, 3.05) is 10.2 Å². The number of nitrogens with one attached hydrogen (secondary N) is 1. The number of anilines is 3. The van der Waals surface area contributed by atoms with Gasteiger partial charge in [-0.25, -0.2) is 8.78 Å². The van der Waals surface area contributed by atoms with Gasteiger partial charge in [0.2, 0.25) is 0 Å². The standard InChI is InChI=1S/C22H20F2N2O/c1-15(2)26(18-6-4-3-5-7-18)19-11-9-17(10-12-19)25-22(27)20-13-8-16(23)14-21(20)24/h3-15H,1-2H3,(H,25,27). The molecular formula is C22H20F2N2O. The lowest BCUT2D eigenvalue weighted by Crippen LogP contribution is -2.25. The third kappa shape index (κ3) is 4.31. The molecular weight excluding hydrogens is 346 g/mol. The van der Waals surface area contributed by atoms with E-state index in [2.05, 4.69) is 24.1 Å². The van der Waals surface area contributed by atoms with Crippen molar-refractivity contribution >= 4 is 23.0 Å². The molecule has 0 unspecified atom stereocenters. The maximum Gasteiger partial charge on any atom is 0.258 e. The molecule has 0 fully saturated rings. The van der Waals surface area contributed by atoms with Crippen LogP contribution in [-0.4, -0.2) is 11.9 Å². The predicted octanol–water partition coefficient (Wildman–Crippen LogP) is 5.76. The Balaban J connectivity index is 1.79. The van der Waals surface area contributed by atoms with E-state index in [0.717, 1.165) is 23.5 Å². The Bertz CT molecular complexity index is 925. The summed E-state index contributed by atoms with van der Waals surface area (Å²) in [5.74, 6) is -2.23. The molecule has 3 nitrogen and oxygen atoms in total. The van der Waals surface area contributed by atoms with E-state index in [9.17, 15) is 13.6 Å². The minimum atomic E-state index is -0.890. The molecule has 0 heterocycles. The molecule has 0 radical (unpaired) electrons. The monoisotopic (exact) mass is 366 g/mol. The zero-order chi connectivity index (χ0) is 19.4. The van der Waals surface area contributed by atoms with Crippen molar-refractivity contribution in [1.82, 2.24) is 0 Å². The van der Waals surface area contributed by atoms with Gasteiger partial charge in [-0.1, -0.05) is 18.2 Å². The summed E-state index contributed by atoms with van der Waals surface area (Å²) >= 11 is 0. The molecule has 0 saturated heterocycles. The van der Waals surface area contributed by atoms with E-state index in [1.165, 1.54) is 0 Å². The Morgan fingerprint density at radius 3 is 2.11 bits per heavy atom. The van der Waals surface area contributed by atoms with Crippen LogP contribution in [0.5, 0.6) is 0 Å². The number of carbonyl (C=O) groups is 1. The molecule has 0 aliphatic heterocycles. The SMILES string of the molecule is CC(C)N(c1ccccc1)c1ccc(NC(=O)c2ccc(F)cc2F)cc1. The lowest BCUT2D eigenvalue weighted by molar-refractivity contribution is 0.102. The van der Waals surface area contributed by atoms with Crippen molar-refractivity contribution < 1.29 is 13.6 Å². The van der Waals surface area contributed by atoms with E-state index >= 15 is 0 Å². The van der Waals surface area contributed by atoms with E-state index in [0.29, 0.717) is 11.8 Å². The van der Waals surface area contributed by atoms with E-state index in [1.807, 2.05) is 42.5 Å². The van der Waals surface area contributed by atoms with Crippen molar-refractivity contribution in [2.45, 2.75) is 19.9 Å². The van der Waals surface area contributed by atoms with Gasteiger partial charge in [-0.3, -0.25) is 4.79 Å². The number of amides is 1. The van der Waals surface area contributed by atoms with Crippen LogP contribution in [0, 0.1) is 11.6 Å². The second kappa shape index (κ2) is 7.99. The normalized spacial score (nSPS) is 10.7. The molecule has 0 bridgehead atoms. The summed E-state index contributed by atoms with van der Waals surface area (Å²) in [6.45, 7) is 4.19. The lowest BCUT2D eigenvalue weighted by atomic mass is 10.1. The molecule has 3 rings (SSSR count). The molecule has 5 heteroatoms. The van der Waals surface area contributed by atoms with Crippen molar-refractivity contribution in [3.05, 3.63) is 90.0 Å². The minimum Gasteiger partial charge on any atom is -0.339 e. The topological polar surface area (TPSA) is 32.3 Å². The average molecular weight is 366 g/mol. The number of hydrogen-bond donors (Lipinski definition) is 1. The molecule has 27 heavy (non-hydrogen) atoms. The molecule has 1 N–H and O–H groups in total. The zero-order valence-electron chi connectivity index (χ0n) is 15.1. The first-order valence-electron chi connectivity index (χ1n) is 8.66. The van der Waals surface area contributed by atoms with E-state index in [4.69, 9.17) is 0 Å². The van der Waals surface area contributed by atoms with Gasteiger partial charge in [-0.15, -0.1) is 0 Å². The van der Waals surface area contributed by atoms with Gasteiger partial charge in [0.05, 0.1) is 5.56 Å². The summed E-state index contributed by atoms with van der Waals surface area (Å²) in [6, 6.07) is 20.4. The van der Waals surface area contributed by atoms with Crippen LogP contribution in [0.3, 0.4) is 0 Å². The maximum atomic E-state index is 13.7. The van der Waals surface area contributed by atoms with Crippen LogP contribution < -0.4 is 10.2 Å². The molecule has 3 aromatic carbocycles. The molecule has 1 amide bonds. The van der Waals surface area contributed by atoms with Gasteiger partial charge in [-0.05, 0) is 62.4 Å². The molecule has 0 aromatic heterocycles. The van der Waals surface area contributed by atoms with Crippen molar-refractivity contribution in [1.29, 1.82) is 0 Å². The van der Waals surface area contributed by atoms with Crippen LogP contribution in [0.25, 0.3) is 0 Å². The Kier molecular flexibility index (Phi) is 5.50. The second-order valence-electron chi connectivity index (χ2n) is 6.42. The summed E-state index contributed by atoms with van der Waals surface area (Å²) in [7, 11) is 0. The summed E-state index contributed by atoms with van der Waals surface area (Å²) in [4.78, 5) is 14.4. The third-order valence-corrected chi connectivity index (χ3v) is 4.13.